The third-order valence-electron chi connectivity index (χ3n) is 2.73. The quantitative estimate of drug-likeness (QED) is 0.905. The first-order chi connectivity index (χ1) is 9.40. The number of carboxylic acids is 2. The molecule has 0 unspecified atom stereocenters. The first kappa shape index (κ1) is 13.7. The minimum Gasteiger partial charge on any atom is -0.478 e. The summed E-state index contributed by atoms with van der Waals surface area (Å²) in [6.07, 6.45) is 0. The van der Waals surface area contributed by atoms with Crippen molar-refractivity contribution < 1.29 is 28.6 Å². The molecule has 0 saturated heterocycles. The molecule has 2 aromatic carbocycles. The van der Waals surface area contributed by atoms with Crippen molar-refractivity contribution >= 4 is 11.9 Å². The standard InChI is InChI=1S/C14H8F2O4/c15-11-3-1-7(5-9(11)13(17)18)8-2-4-12(16)10(6-8)14(19)20/h1-6H,(H,17,18)(H,19,20). The summed E-state index contributed by atoms with van der Waals surface area (Å²) < 4.78 is 26.5. The molecule has 0 heterocycles. The van der Waals surface area contributed by atoms with Gasteiger partial charge in [0.2, 0.25) is 0 Å². The fraction of sp³-hybridized carbons (Fsp3) is 0. The number of rotatable bonds is 3. The second-order valence-corrected chi connectivity index (χ2v) is 4.00. The van der Waals surface area contributed by atoms with Crippen LogP contribution in [0.25, 0.3) is 11.1 Å². The van der Waals surface area contributed by atoms with Crippen molar-refractivity contribution in [3.05, 3.63) is 59.2 Å². The molecule has 20 heavy (non-hydrogen) atoms. The summed E-state index contributed by atoms with van der Waals surface area (Å²) in [6, 6.07) is 6.64. The molecule has 0 spiro atoms. The first-order valence-corrected chi connectivity index (χ1v) is 5.46. The Labute approximate surface area is 111 Å². The van der Waals surface area contributed by atoms with E-state index in [0.717, 1.165) is 24.3 Å². The molecule has 0 aliphatic heterocycles. The lowest BCUT2D eigenvalue weighted by molar-refractivity contribution is 0.0680. The molecule has 102 valence electrons. The monoisotopic (exact) mass is 278 g/mol. The Morgan fingerprint density at radius 2 is 1.10 bits per heavy atom. The van der Waals surface area contributed by atoms with Crippen LogP contribution in [0.5, 0.6) is 0 Å². The summed E-state index contributed by atoms with van der Waals surface area (Å²) in [5.41, 5.74) is -0.509. The molecule has 0 bridgehead atoms. The summed E-state index contributed by atoms with van der Waals surface area (Å²) in [5, 5.41) is 17.7. The number of carbonyl (C=O) groups is 2. The molecule has 2 aromatic rings. The highest BCUT2D eigenvalue weighted by molar-refractivity contribution is 5.91. The highest BCUT2D eigenvalue weighted by atomic mass is 19.1. The second-order valence-electron chi connectivity index (χ2n) is 4.00. The second kappa shape index (κ2) is 5.08. The van der Waals surface area contributed by atoms with E-state index in [4.69, 9.17) is 10.2 Å². The summed E-state index contributed by atoms with van der Waals surface area (Å²) in [6.45, 7) is 0. The molecule has 0 aromatic heterocycles. The summed E-state index contributed by atoms with van der Waals surface area (Å²) in [7, 11) is 0. The predicted molar refractivity (Wildman–Crippen MR) is 65.7 cm³/mol. The van der Waals surface area contributed by atoms with Gasteiger partial charge >= 0.3 is 11.9 Å². The van der Waals surface area contributed by atoms with Gasteiger partial charge in [0.05, 0.1) is 11.1 Å². The SMILES string of the molecule is O=C(O)c1cc(-c2ccc(F)c(C(=O)O)c2)ccc1F. The third kappa shape index (κ3) is 2.49. The van der Waals surface area contributed by atoms with Crippen LogP contribution < -0.4 is 0 Å². The molecule has 0 atom stereocenters. The predicted octanol–water partition coefficient (Wildman–Crippen LogP) is 3.03. The number of hydrogen-bond acceptors (Lipinski definition) is 2. The van der Waals surface area contributed by atoms with Crippen LogP contribution in [0.1, 0.15) is 20.7 Å². The maximum Gasteiger partial charge on any atom is 0.338 e. The van der Waals surface area contributed by atoms with Gasteiger partial charge in [-0.3, -0.25) is 0 Å². The van der Waals surface area contributed by atoms with Crippen LogP contribution in [0.15, 0.2) is 36.4 Å². The summed E-state index contributed by atoms with van der Waals surface area (Å²) in [4.78, 5) is 21.7. The van der Waals surface area contributed by atoms with Crippen LogP contribution in [0.3, 0.4) is 0 Å². The van der Waals surface area contributed by atoms with E-state index in [0.29, 0.717) is 0 Å². The molecule has 4 nitrogen and oxygen atoms in total. The van der Waals surface area contributed by atoms with Crippen LogP contribution in [-0.4, -0.2) is 22.2 Å². The van der Waals surface area contributed by atoms with E-state index in [-0.39, 0.29) is 11.1 Å². The van der Waals surface area contributed by atoms with Gasteiger partial charge < -0.3 is 10.2 Å². The van der Waals surface area contributed by atoms with Crippen LogP contribution in [0.2, 0.25) is 0 Å². The van der Waals surface area contributed by atoms with Gasteiger partial charge in [0.15, 0.2) is 0 Å². The zero-order valence-electron chi connectivity index (χ0n) is 9.93. The maximum atomic E-state index is 13.3. The molecule has 2 N–H and O–H groups in total. The smallest absolute Gasteiger partial charge is 0.338 e. The van der Waals surface area contributed by atoms with Crippen LogP contribution in [0.4, 0.5) is 8.78 Å². The van der Waals surface area contributed by atoms with Crippen molar-refractivity contribution in [2.24, 2.45) is 0 Å². The average Bonchev–Trinajstić information content (AvgIpc) is 2.39. The molecule has 2 rings (SSSR count). The highest BCUT2D eigenvalue weighted by Gasteiger charge is 2.14. The van der Waals surface area contributed by atoms with Crippen molar-refractivity contribution in [1.82, 2.24) is 0 Å². The summed E-state index contributed by atoms with van der Waals surface area (Å²) >= 11 is 0. The first-order valence-electron chi connectivity index (χ1n) is 5.46. The fourth-order valence-electron chi connectivity index (χ4n) is 1.74. The molecular weight excluding hydrogens is 270 g/mol. The molecule has 0 amide bonds. The Kier molecular flexibility index (Phi) is 3.47. The van der Waals surface area contributed by atoms with Gasteiger partial charge in [-0.05, 0) is 35.4 Å². The Morgan fingerprint density at radius 3 is 1.40 bits per heavy atom. The topological polar surface area (TPSA) is 74.6 Å². The molecule has 0 fully saturated rings. The molecule has 0 saturated carbocycles. The number of benzene rings is 2. The van der Waals surface area contributed by atoms with Gasteiger partial charge in [0.1, 0.15) is 11.6 Å². The maximum absolute atomic E-state index is 13.3. The number of halogens is 2. The van der Waals surface area contributed by atoms with E-state index < -0.39 is 34.7 Å². The zero-order valence-corrected chi connectivity index (χ0v) is 9.93. The lowest BCUT2D eigenvalue weighted by atomic mass is 10.0. The highest BCUT2D eigenvalue weighted by Crippen LogP contribution is 2.24. The Balaban J connectivity index is 2.57. The van der Waals surface area contributed by atoms with E-state index in [1.165, 1.54) is 12.1 Å². The molecule has 0 aliphatic carbocycles. The Morgan fingerprint density at radius 1 is 0.750 bits per heavy atom. The van der Waals surface area contributed by atoms with Crippen molar-refractivity contribution in [3.8, 4) is 11.1 Å². The van der Waals surface area contributed by atoms with Crippen molar-refractivity contribution in [2.45, 2.75) is 0 Å². The van der Waals surface area contributed by atoms with Gasteiger partial charge in [-0.2, -0.15) is 0 Å². The van der Waals surface area contributed by atoms with Crippen molar-refractivity contribution in [3.63, 3.8) is 0 Å². The van der Waals surface area contributed by atoms with Gasteiger partial charge in [-0.25, -0.2) is 18.4 Å². The van der Waals surface area contributed by atoms with Crippen molar-refractivity contribution in [1.29, 1.82) is 0 Å². The van der Waals surface area contributed by atoms with E-state index in [1.807, 2.05) is 0 Å². The van der Waals surface area contributed by atoms with Gasteiger partial charge in [0, 0.05) is 0 Å². The molecular formula is C14H8F2O4. The van der Waals surface area contributed by atoms with Crippen LogP contribution in [-0.2, 0) is 0 Å². The normalized spacial score (nSPS) is 10.3. The lowest BCUT2D eigenvalue weighted by Gasteiger charge is -2.06. The zero-order chi connectivity index (χ0) is 14.9. The Hall–Kier alpha value is -2.76. The van der Waals surface area contributed by atoms with E-state index in [2.05, 4.69) is 0 Å². The van der Waals surface area contributed by atoms with Crippen molar-refractivity contribution in [2.75, 3.05) is 0 Å². The fourth-order valence-corrected chi connectivity index (χ4v) is 1.74. The van der Waals surface area contributed by atoms with Gasteiger partial charge in [0.25, 0.3) is 0 Å². The molecule has 0 radical (unpaired) electrons. The van der Waals surface area contributed by atoms with E-state index in [1.54, 1.807) is 0 Å². The minimum atomic E-state index is -1.44. The molecule has 6 heteroatoms. The number of hydrogen-bond donors (Lipinski definition) is 2. The van der Waals surface area contributed by atoms with Gasteiger partial charge in [-0.1, -0.05) is 12.1 Å². The largest absolute Gasteiger partial charge is 0.478 e. The summed E-state index contributed by atoms with van der Waals surface area (Å²) in [5.74, 6) is -4.68. The number of aromatic carboxylic acids is 2. The average molecular weight is 278 g/mol. The lowest BCUT2D eigenvalue weighted by Crippen LogP contribution is -2.02. The molecule has 0 aliphatic rings. The van der Waals surface area contributed by atoms with Crippen LogP contribution in [0, 0.1) is 11.6 Å². The van der Waals surface area contributed by atoms with Crippen LogP contribution >= 0.6 is 0 Å². The minimum absolute atomic E-state index is 0.284. The van der Waals surface area contributed by atoms with E-state index in [9.17, 15) is 18.4 Å². The van der Waals surface area contributed by atoms with E-state index >= 15 is 0 Å². The third-order valence-corrected chi connectivity index (χ3v) is 2.73. The Bertz CT molecular complexity index is 649. The number of carboxylic acid groups (broad SMARTS) is 2. The van der Waals surface area contributed by atoms with Gasteiger partial charge in [-0.15, -0.1) is 0 Å².